The van der Waals surface area contributed by atoms with Crippen molar-refractivity contribution in [3.63, 3.8) is 0 Å². The number of sulfonamides is 1. The second-order valence-electron chi connectivity index (χ2n) is 7.54. The molecule has 1 aliphatic heterocycles. The number of halogens is 1. The molecule has 1 saturated heterocycles. The van der Waals surface area contributed by atoms with Crippen molar-refractivity contribution in [3.05, 3.63) is 90.1 Å². The van der Waals surface area contributed by atoms with E-state index in [0.717, 1.165) is 0 Å². The Hall–Kier alpha value is -3.43. The van der Waals surface area contributed by atoms with E-state index in [1.165, 1.54) is 24.3 Å². The molecule has 9 heteroatoms. The average molecular weight is 470 g/mol. The van der Waals surface area contributed by atoms with Crippen LogP contribution in [-0.4, -0.2) is 45.4 Å². The molecular formula is C24H24FN3O4S. The first-order valence-electron chi connectivity index (χ1n) is 10.5. The number of carbonyl (C=O) groups is 1. The van der Waals surface area contributed by atoms with Gasteiger partial charge in [-0.2, -0.15) is 0 Å². The van der Waals surface area contributed by atoms with Crippen molar-refractivity contribution in [1.82, 2.24) is 9.62 Å². The molecule has 33 heavy (non-hydrogen) atoms. The van der Waals surface area contributed by atoms with Gasteiger partial charge in [-0.3, -0.25) is 4.79 Å². The van der Waals surface area contributed by atoms with Crippen molar-refractivity contribution in [2.45, 2.75) is 11.4 Å². The van der Waals surface area contributed by atoms with E-state index in [1.807, 2.05) is 4.90 Å². The van der Waals surface area contributed by atoms with Gasteiger partial charge in [0.2, 0.25) is 15.9 Å². The number of amides is 1. The van der Waals surface area contributed by atoms with Crippen LogP contribution in [0.5, 0.6) is 0 Å². The summed E-state index contributed by atoms with van der Waals surface area (Å²) in [4.78, 5) is 16.3. The van der Waals surface area contributed by atoms with Gasteiger partial charge in [0.1, 0.15) is 17.3 Å². The molecule has 1 N–H and O–H groups in total. The Kier molecular flexibility index (Phi) is 6.90. The van der Waals surface area contributed by atoms with E-state index in [1.54, 1.807) is 59.5 Å². The maximum atomic E-state index is 14.0. The molecule has 1 aliphatic rings. The van der Waals surface area contributed by atoms with Crippen LogP contribution >= 0.6 is 0 Å². The van der Waals surface area contributed by atoms with E-state index in [2.05, 4.69) is 4.72 Å². The van der Waals surface area contributed by atoms with Crippen molar-refractivity contribution < 1.29 is 22.0 Å². The van der Waals surface area contributed by atoms with Crippen LogP contribution in [0.2, 0.25) is 0 Å². The van der Waals surface area contributed by atoms with Gasteiger partial charge in [0, 0.05) is 32.3 Å². The third-order valence-corrected chi connectivity index (χ3v) is 6.76. The molecule has 0 unspecified atom stereocenters. The van der Waals surface area contributed by atoms with E-state index < -0.39 is 10.0 Å². The molecule has 0 saturated carbocycles. The Bertz CT molecular complexity index is 1230. The van der Waals surface area contributed by atoms with Crippen molar-refractivity contribution in [1.29, 1.82) is 0 Å². The Balaban J connectivity index is 1.28. The van der Waals surface area contributed by atoms with E-state index in [4.69, 9.17) is 4.42 Å². The average Bonchev–Trinajstić information content (AvgIpc) is 3.30. The number of carbonyl (C=O) groups excluding carboxylic acids is 1. The second kappa shape index (κ2) is 10.0. The van der Waals surface area contributed by atoms with Gasteiger partial charge in [0.05, 0.1) is 17.1 Å². The fourth-order valence-corrected chi connectivity index (χ4v) is 4.58. The number of hydrogen-bond donors (Lipinski definition) is 1. The lowest BCUT2D eigenvalue weighted by Crippen LogP contribution is -2.48. The summed E-state index contributed by atoms with van der Waals surface area (Å²) in [7, 11) is -3.63. The fourth-order valence-electron chi connectivity index (χ4n) is 3.56. The van der Waals surface area contributed by atoms with Gasteiger partial charge in [-0.1, -0.05) is 30.3 Å². The van der Waals surface area contributed by atoms with Crippen LogP contribution in [0.15, 0.2) is 82.1 Å². The van der Waals surface area contributed by atoms with Gasteiger partial charge in [0.15, 0.2) is 0 Å². The summed E-state index contributed by atoms with van der Waals surface area (Å²) in [5.41, 5.74) is 0.547. The first kappa shape index (κ1) is 22.8. The highest BCUT2D eigenvalue weighted by Gasteiger charge is 2.21. The zero-order valence-electron chi connectivity index (χ0n) is 17.9. The van der Waals surface area contributed by atoms with Crippen molar-refractivity contribution in [2.75, 3.05) is 31.1 Å². The van der Waals surface area contributed by atoms with Crippen LogP contribution < -0.4 is 9.62 Å². The van der Waals surface area contributed by atoms with Gasteiger partial charge in [0.25, 0.3) is 0 Å². The number of anilines is 1. The number of piperazine rings is 1. The lowest BCUT2D eigenvalue weighted by atomic mass is 10.2. The highest BCUT2D eigenvalue weighted by Crippen LogP contribution is 2.20. The first-order valence-corrected chi connectivity index (χ1v) is 12.0. The highest BCUT2D eigenvalue weighted by atomic mass is 32.2. The predicted octanol–water partition coefficient (Wildman–Crippen LogP) is 3.26. The fraction of sp³-hybridized carbons (Fsp3) is 0.208. The summed E-state index contributed by atoms with van der Waals surface area (Å²) < 4.78 is 46.6. The van der Waals surface area contributed by atoms with E-state index >= 15 is 0 Å². The van der Waals surface area contributed by atoms with Crippen LogP contribution in [0.3, 0.4) is 0 Å². The maximum absolute atomic E-state index is 14.0. The molecule has 3 aromatic rings. The maximum Gasteiger partial charge on any atom is 0.246 e. The van der Waals surface area contributed by atoms with Crippen molar-refractivity contribution in [2.24, 2.45) is 0 Å². The molecule has 1 fully saturated rings. The Morgan fingerprint density at radius 2 is 1.67 bits per heavy atom. The van der Waals surface area contributed by atoms with Crippen LogP contribution in [0.4, 0.5) is 10.1 Å². The summed E-state index contributed by atoms with van der Waals surface area (Å²) in [5.74, 6) is 0.449. The van der Waals surface area contributed by atoms with Crippen LogP contribution in [0.25, 0.3) is 6.08 Å². The molecule has 0 bridgehead atoms. The largest absolute Gasteiger partial charge is 0.460 e. The number of benzene rings is 2. The minimum atomic E-state index is -3.63. The summed E-state index contributed by atoms with van der Waals surface area (Å²) in [6.45, 7) is 2.07. The number of nitrogens with one attached hydrogen (secondary N) is 1. The van der Waals surface area contributed by atoms with Gasteiger partial charge < -0.3 is 14.2 Å². The first-order chi connectivity index (χ1) is 15.9. The molecular weight excluding hydrogens is 445 g/mol. The Morgan fingerprint density at radius 3 is 2.39 bits per heavy atom. The van der Waals surface area contributed by atoms with Gasteiger partial charge >= 0.3 is 0 Å². The van der Waals surface area contributed by atoms with E-state index in [9.17, 15) is 17.6 Å². The molecule has 2 aromatic carbocycles. The quantitative estimate of drug-likeness (QED) is 0.537. The number of nitrogens with zero attached hydrogens (tertiary/aromatic N) is 2. The predicted molar refractivity (Wildman–Crippen MR) is 123 cm³/mol. The summed E-state index contributed by atoms with van der Waals surface area (Å²) in [6, 6.07) is 18.0. The third-order valence-electron chi connectivity index (χ3n) is 5.35. The topological polar surface area (TPSA) is 82.9 Å². The minimum Gasteiger partial charge on any atom is -0.460 e. The van der Waals surface area contributed by atoms with Crippen LogP contribution in [-0.2, 0) is 21.4 Å². The van der Waals surface area contributed by atoms with Gasteiger partial charge in [-0.15, -0.1) is 0 Å². The lowest BCUT2D eigenvalue weighted by Gasteiger charge is -2.35. The number of rotatable bonds is 7. The lowest BCUT2D eigenvalue weighted by molar-refractivity contribution is -0.126. The van der Waals surface area contributed by atoms with Crippen LogP contribution in [0.1, 0.15) is 11.5 Å². The summed E-state index contributed by atoms with van der Waals surface area (Å²) >= 11 is 0. The Labute approximate surface area is 192 Å². The number of para-hydroxylation sites is 1. The zero-order valence-corrected chi connectivity index (χ0v) is 18.7. The van der Waals surface area contributed by atoms with Crippen molar-refractivity contribution >= 4 is 27.7 Å². The number of hydrogen-bond acceptors (Lipinski definition) is 5. The number of furan rings is 1. The van der Waals surface area contributed by atoms with Crippen LogP contribution in [0, 0.1) is 5.82 Å². The van der Waals surface area contributed by atoms with Gasteiger partial charge in [-0.05, 0) is 42.5 Å². The molecule has 1 amide bonds. The molecule has 4 rings (SSSR count). The van der Waals surface area contributed by atoms with Gasteiger partial charge in [-0.25, -0.2) is 17.5 Å². The summed E-state index contributed by atoms with van der Waals surface area (Å²) in [6.07, 6.45) is 2.98. The molecule has 1 aromatic heterocycles. The molecule has 0 radical (unpaired) electrons. The molecule has 2 heterocycles. The summed E-state index contributed by atoms with van der Waals surface area (Å²) in [5, 5.41) is 0. The normalized spacial score (nSPS) is 14.7. The SMILES string of the molecule is O=C(/C=C/c1ccc(CNS(=O)(=O)c2ccccc2)o1)N1CCN(c2ccccc2F)CC1. The Morgan fingerprint density at radius 1 is 0.970 bits per heavy atom. The third kappa shape index (κ3) is 5.68. The molecule has 0 spiro atoms. The molecule has 0 atom stereocenters. The van der Waals surface area contributed by atoms with Crippen molar-refractivity contribution in [3.8, 4) is 0 Å². The zero-order chi connectivity index (χ0) is 23.3. The standard InChI is InChI=1S/C24H24FN3O4S/c25-22-8-4-5-9-23(22)27-14-16-28(17-15-27)24(29)13-12-19-10-11-20(32-19)18-26-33(30,31)21-6-2-1-3-7-21/h1-13,26H,14-18H2/b13-12+. The highest BCUT2D eigenvalue weighted by molar-refractivity contribution is 7.89. The smallest absolute Gasteiger partial charge is 0.246 e. The van der Waals surface area contributed by atoms with E-state index in [0.29, 0.717) is 43.4 Å². The second-order valence-corrected chi connectivity index (χ2v) is 9.31. The molecule has 7 nitrogen and oxygen atoms in total. The molecule has 172 valence electrons. The van der Waals surface area contributed by atoms with E-state index in [-0.39, 0.29) is 23.2 Å². The monoisotopic (exact) mass is 469 g/mol. The molecule has 0 aliphatic carbocycles. The minimum absolute atomic E-state index is 0.00296.